The van der Waals surface area contributed by atoms with Crippen molar-refractivity contribution in [2.75, 3.05) is 0 Å². The summed E-state index contributed by atoms with van der Waals surface area (Å²) < 4.78 is 2.38. The quantitative estimate of drug-likeness (QED) is 0.186. The van der Waals surface area contributed by atoms with Gasteiger partial charge in [-0.05, 0) is 57.6 Å². The molecule has 2 heterocycles. The zero-order valence-electron chi connectivity index (χ0n) is 27.6. The Balaban J connectivity index is 1.19. The molecule has 0 atom stereocenters. The van der Waals surface area contributed by atoms with Crippen LogP contribution in [0.25, 0.3) is 94.3 Å². The molecule has 2 aromatic heterocycles. The lowest BCUT2D eigenvalue weighted by Crippen LogP contribution is -2.02. The van der Waals surface area contributed by atoms with Gasteiger partial charge in [0.05, 0.1) is 16.7 Å². The van der Waals surface area contributed by atoms with Gasteiger partial charge in [0.15, 0.2) is 17.5 Å². The number of rotatable bonds is 5. The van der Waals surface area contributed by atoms with Crippen molar-refractivity contribution in [2.24, 2.45) is 0 Å². The van der Waals surface area contributed by atoms with Crippen molar-refractivity contribution < 1.29 is 0 Å². The molecule has 0 N–H and O–H groups in total. The lowest BCUT2D eigenvalue weighted by atomic mass is 9.99. The fraction of sp³-hybridized carbons (Fsp3) is 0. The van der Waals surface area contributed by atoms with Crippen molar-refractivity contribution in [2.45, 2.75) is 0 Å². The predicted octanol–water partition coefficient (Wildman–Crippen LogP) is 11.9. The fourth-order valence-corrected chi connectivity index (χ4v) is 7.41. The van der Waals surface area contributed by atoms with Crippen LogP contribution in [0.2, 0.25) is 0 Å². The van der Waals surface area contributed by atoms with Crippen molar-refractivity contribution in [3.05, 3.63) is 182 Å². The lowest BCUT2D eigenvalue weighted by Gasteiger charge is -2.15. The van der Waals surface area contributed by atoms with Crippen molar-refractivity contribution in [1.82, 2.24) is 19.5 Å². The van der Waals surface area contributed by atoms with Crippen molar-refractivity contribution >= 4 is 43.4 Å². The molecule has 0 spiro atoms. The summed E-state index contributed by atoms with van der Waals surface area (Å²) in [5.74, 6) is 1.91. The summed E-state index contributed by atoms with van der Waals surface area (Å²) in [5, 5.41) is 6.97. The Morgan fingerprint density at radius 3 is 1.55 bits per heavy atom. The molecule has 10 aromatic rings. The van der Waals surface area contributed by atoms with Crippen molar-refractivity contribution in [3.63, 3.8) is 0 Å². The summed E-state index contributed by atoms with van der Waals surface area (Å²) in [6, 6.07) is 63.9. The Hall–Kier alpha value is -6.91. The number of nitrogens with zero attached hydrogens (tertiary/aromatic N) is 4. The zero-order chi connectivity index (χ0) is 33.7. The lowest BCUT2D eigenvalue weighted by molar-refractivity contribution is 1.08. The molecule has 0 aliphatic heterocycles. The number of fused-ring (bicyclic) bond motifs is 5. The van der Waals surface area contributed by atoms with Crippen LogP contribution in [0.5, 0.6) is 0 Å². The highest BCUT2D eigenvalue weighted by Gasteiger charge is 2.19. The van der Waals surface area contributed by atoms with Crippen LogP contribution in [0.3, 0.4) is 0 Å². The van der Waals surface area contributed by atoms with Crippen LogP contribution in [0.15, 0.2) is 182 Å². The SMILES string of the molecule is c1ccc(-c2ccc3cc(-c4nc(-c5ccccc5)nc(-c5cccc6cccc(-n7c8ccccc8c8ccccc87)c56)n4)ccc3c2)cc1. The van der Waals surface area contributed by atoms with Gasteiger partial charge in [-0.25, -0.2) is 15.0 Å². The van der Waals surface area contributed by atoms with Gasteiger partial charge in [-0.15, -0.1) is 0 Å². The van der Waals surface area contributed by atoms with Gasteiger partial charge in [0.25, 0.3) is 0 Å². The molecule has 0 aliphatic carbocycles. The topological polar surface area (TPSA) is 43.6 Å². The Bertz CT molecular complexity index is 2850. The second-order valence-corrected chi connectivity index (χ2v) is 12.9. The van der Waals surface area contributed by atoms with E-state index in [0.717, 1.165) is 49.6 Å². The van der Waals surface area contributed by atoms with Crippen LogP contribution in [-0.4, -0.2) is 19.5 Å². The van der Waals surface area contributed by atoms with Gasteiger partial charge in [-0.2, -0.15) is 0 Å². The average molecular weight is 651 g/mol. The first-order valence-electron chi connectivity index (χ1n) is 17.2. The normalized spacial score (nSPS) is 11.5. The van der Waals surface area contributed by atoms with Crippen molar-refractivity contribution in [3.8, 4) is 51.0 Å². The Morgan fingerprint density at radius 1 is 0.333 bits per heavy atom. The van der Waals surface area contributed by atoms with Gasteiger partial charge in [0.1, 0.15) is 0 Å². The molecule has 8 aromatic carbocycles. The molecule has 0 unspecified atom stereocenters. The van der Waals surface area contributed by atoms with Gasteiger partial charge in [0, 0.05) is 32.8 Å². The zero-order valence-corrected chi connectivity index (χ0v) is 27.6. The van der Waals surface area contributed by atoms with E-state index in [4.69, 9.17) is 15.0 Å². The van der Waals surface area contributed by atoms with Crippen LogP contribution < -0.4 is 0 Å². The summed E-state index contributed by atoms with van der Waals surface area (Å²) in [5.41, 5.74) is 8.65. The number of hydrogen-bond acceptors (Lipinski definition) is 3. The van der Waals surface area contributed by atoms with E-state index in [9.17, 15) is 0 Å². The van der Waals surface area contributed by atoms with E-state index in [1.54, 1.807) is 0 Å². The van der Waals surface area contributed by atoms with Crippen molar-refractivity contribution in [1.29, 1.82) is 0 Å². The Morgan fingerprint density at radius 2 is 0.863 bits per heavy atom. The molecule has 0 aliphatic rings. The monoisotopic (exact) mass is 650 g/mol. The van der Waals surface area contributed by atoms with Gasteiger partial charge in [-0.3, -0.25) is 0 Å². The van der Waals surface area contributed by atoms with Gasteiger partial charge < -0.3 is 4.57 Å². The summed E-state index contributed by atoms with van der Waals surface area (Å²) >= 11 is 0. The van der Waals surface area contributed by atoms with E-state index >= 15 is 0 Å². The van der Waals surface area contributed by atoms with Crippen LogP contribution >= 0.6 is 0 Å². The van der Waals surface area contributed by atoms with Crippen LogP contribution in [0.4, 0.5) is 0 Å². The number of aromatic nitrogens is 4. The molecule has 0 fully saturated rings. The minimum atomic E-state index is 0.636. The molecule has 4 heteroatoms. The number of benzene rings is 8. The maximum absolute atomic E-state index is 5.24. The third-order valence-corrected chi connectivity index (χ3v) is 9.82. The van der Waals surface area contributed by atoms with E-state index < -0.39 is 0 Å². The first-order valence-corrected chi connectivity index (χ1v) is 17.2. The summed E-state index contributed by atoms with van der Waals surface area (Å²) in [4.78, 5) is 15.5. The summed E-state index contributed by atoms with van der Waals surface area (Å²) in [6.07, 6.45) is 0. The Kier molecular flexibility index (Phi) is 6.78. The van der Waals surface area contributed by atoms with E-state index in [1.165, 1.54) is 27.3 Å². The molecule has 0 amide bonds. The van der Waals surface area contributed by atoms with Gasteiger partial charge in [-0.1, -0.05) is 152 Å². The first-order chi connectivity index (χ1) is 25.3. The maximum Gasteiger partial charge on any atom is 0.164 e. The third kappa shape index (κ3) is 4.96. The predicted molar refractivity (Wildman–Crippen MR) is 211 cm³/mol. The molecular formula is C47H30N4. The smallest absolute Gasteiger partial charge is 0.164 e. The molecule has 0 radical (unpaired) electrons. The van der Waals surface area contributed by atoms with E-state index in [0.29, 0.717) is 17.5 Å². The standard InChI is InChI=1S/C47H30N4/c1-3-13-31(14-4-1)34-25-26-36-30-37(28-27-35(36)29-34)46-48-45(33-15-5-2-6-16-33)49-47(50-46)40-21-11-17-32-18-12-24-43(44(32)40)51-41-22-9-7-19-38(41)39-20-8-10-23-42(39)51/h1-30H. The molecule has 0 saturated heterocycles. The third-order valence-electron chi connectivity index (χ3n) is 9.82. The summed E-state index contributed by atoms with van der Waals surface area (Å²) in [7, 11) is 0. The largest absolute Gasteiger partial charge is 0.309 e. The van der Waals surface area contributed by atoms with Crippen LogP contribution in [-0.2, 0) is 0 Å². The second-order valence-electron chi connectivity index (χ2n) is 12.9. The van der Waals surface area contributed by atoms with E-state index in [2.05, 4.69) is 162 Å². The highest BCUT2D eigenvalue weighted by molar-refractivity contribution is 6.12. The van der Waals surface area contributed by atoms with Crippen LogP contribution in [0, 0.1) is 0 Å². The molecule has 51 heavy (non-hydrogen) atoms. The Labute approximate surface area is 295 Å². The van der Waals surface area contributed by atoms with E-state index in [1.807, 2.05) is 24.3 Å². The fourth-order valence-electron chi connectivity index (χ4n) is 7.41. The van der Waals surface area contributed by atoms with Crippen LogP contribution in [0.1, 0.15) is 0 Å². The molecule has 4 nitrogen and oxygen atoms in total. The molecule has 238 valence electrons. The minimum absolute atomic E-state index is 0.636. The molecule has 0 saturated carbocycles. The molecular weight excluding hydrogens is 621 g/mol. The number of para-hydroxylation sites is 2. The highest BCUT2D eigenvalue weighted by atomic mass is 15.0. The highest BCUT2D eigenvalue weighted by Crippen LogP contribution is 2.38. The van der Waals surface area contributed by atoms with E-state index in [-0.39, 0.29) is 0 Å². The maximum atomic E-state index is 5.24. The molecule has 10 rings (SSSR count). The first kappa shape index (κ1) is 29.0. The van der Waals surface area contributed by atoms with Gasteiger partial charge >= 0.3 is 0 Å². The molecule has 0 bridgehead atoms. The average Bonchev–Trinajstić information content (AvgIpc) is 3.55. The summed E-state index contributed by atoms with van der Waals surface area (Å²) in [6.45, 7) is 0. The number of hydrogen-bond donors (Lipinski definition) is 0. The second kappa shape index (κ2) is 11.9. The minimum Gasteiger partial charge on any atom is -0.309 e. The van der Waals surface area contributed by atoms with Gasteiger partial charge in [0.2, 0.25) is 0 Å².